The number of carbonyl (C=O) groups excluding carboxylic acids is 1. The number of aryl methyl sites for hydroxylation is 1. The summed E-state index contributed by atoms with van der Waals surface area (Å²) in [5.74, 6) is 1.43. The molecule has 0 amide bonds. The molecule has 20 heavy (non-hydrogen) atoms. The molecule has 1 aliphatic rings. The van der Waals surface area contributed by atoms with Gasteiger partial charge in [0.2, 0.25) is 0 Å². The van der Waals surface area contributed by atoms with E-state index in [0.29, 0.717) is 24.0 Å². The maximum atomic E-state index is 12.3. The molecule has 1 N–H and O–H groups in total. The molecule has 1 heterocycles. The molecule has 1 saturated heterocycles. The maximum absolute atomic E-state index is 12.3. The van der Waals surface area contributed by atoms with Crippen LogP contribution in [0.25, 0.3) is 0 Å². The van der Waals surface area contributed by atoms with Crippen LogP contribution in [0.5, 0.6) is 0 Å². The Bertz CT molecular complexity index is 418. The van der Waals surface area contributed by atoms with E-state index in [9.17, 15) is 4.79 Å². The largest absolute Gasteiger partial charge is 0.316 e. The second kappa shape index (κ2) is 7.58. The van der Waals surface area contributed by atoms with Gasteiger partial charge in [-0.25, -0.2) is 0 Å². The van der Waals surface area contributed by atoms with Crippen LogP contribution in [0.2, 0.25) is 0 Å². The SMILES string of the molecule is CCCc1ccc(C(=O)CC(C)C2CCCNC2)cc1. The summed E-state index contributed by atoms with van der Waals surface area (Å²) >= 11 is 0. The van der Waals surface area contributed by atoms with E-state index in [2.05, 4.69) is 31.3 Å². The van der Waals surface area contributed by atoms with Crippen LogP contribution in [0.15, 0.2) is 24.3 Å². The van der Waals surface area contributed by atoms with Crippen LogP contribution in [-0.4, -0.2) is 18.9 Å². The summed E-state index contributed by atoms with van der Waals surface area (Å²) in [7, 11) is 0. The zero-order valence-electron chi connectivity index (χ0n) is 12.8. The highest BCUT2D eigenvalue weighted by Crippen LogP contribution is 2.24. The van der Waals surface area contributed by atoms with Crippen molar-refractivity contribution in [2.45, 2.75) is 46.0 Å². The van der Waals surface area contributed by atoms with Gasteiger partial charge < -0.3 is 5.32 Å². The highest BCUT2D eigenvalue weighted by Gasteiger charge is 2.22. The van der Waals surface area contributed by atoms with Gasteiger partial charge in [0.05, 0.1) is 0 Å². The minimum atomic E-state index is 0.297. The summed E-state index contributed by atoms with van der Waals surface area (Å²) in [5, 5.41) is 3.44. The summed E-state index contributed by atoms with van der Waals surface area (Å²) in [5.41, 5.74) is 2.20. The predicted octanol–water partition coefficient (Wildman–Crippen LogP) is 3.85. The molecule has 0 aliphatic carbocycles. The van der Waals surface area contributed by atoms with Gasteiger partial charge in [-0.3, -0.25) is 4.79 Å². The van der Waals surface area contributed by atoms with E-state index < -0.39 is 0 Å². The molecule has 0 radical (unpaired) electrons. The Hall–Kier alpha value is -1.15. The molecular formula is C18H27NO. The summed E-state index contributed by atoms with van der Waals surface area (Å²) < 4.78 is 0. The van der Waals surface area contributed by atoms with Crippen molar-refractivity contribution in [1.82, 2.24) is 5.32 Å². The quantitative estimate of drug-likeness (QED) is 0.798. The van der Waals surface area contributed by atoms with Gasteiger partial charge >= 0.3 is 0 Å². The lowest BCUT2D eigenvalue weighted by atomic mass is 9.83. The third-order valence-electron chi connectivity index (χ3n) is 4.46. The van der Waals surface area contributed by atoms with Crippen molar-refractivity contribution >= 4 is 5.78 Å². The molecule has 0 spiro atoms. The van der Waals surface area contributed by atoms with Gasteiger partial charge in [0.25, 0.3) is 0 Å². The molecule has 1 aromatic rings. The molecule has 2 atom stereocenters. The molecule has 1 aliphatic heterocycles. The van der Waals surface area contributed by atoms with Crippen molar-refractivity contribution in [2.75, 3.05) is 13.1 Å². The highest BCUT2D eigenvalue weighted by atomic mass is 16.1. The van der Waals surface area contributed by atoms with Crippen LogP contribution in [0.1, 0.15) is 55.5 Å². The molecular weight excluding hydrogens is 246 g/mol. The fraction of sp³-hybridized carbons (Fsp3) is 0.611. The number of Topliss-reactive ketones (excluding diaryl/α,β-unsaturated/α-hetero) is 1. The Morgan fingerprint density at radius 3 is 2.70 bits per heavy atom. The van der Waals surface area contributed by atoms with Gasteiger partial charge in [-0.15, -0.1) is 0 Å². The molecule has 0 bridgehead atoms. The van der Waals surface area contributed by atoms with Crippen LogP contribution in [0, 0.1) is 11.8 Å². The summed E-state index contributed by atoms with van der Waals surface area (Å²) in [6.07, 6.45) is 5.43. The van der Waals surface area contributed by atoms with Crippen LogP contribution >= 0.6 is 0 Å². The molecule has 110 valence electrons. The number of nitrogens with one attached hydrogen (secondary N) is 1. The van der Waals surface area contributed by atoms with E-state index in [1.54, 1.807) is 0 Å². The van der Waals surface area contributed by atoms with Crippen LogP contribution in [0.3, 0.4) is 0 Å². The highest BCUT2D eigenvalue weighted by molar-refractivity contribution is 5.96. The Labute approximate surface area is 123 Å². The summed E-state index contributed by atoms with van der Waals surface area (Å²) in [4.78, 5) is 12.3. The van der Waals surface area contributed by atoms with Crippen molar-refractivity contribution in [1.29, 1.82) is 0 Å². The molecule has 0 saturated carbocycles. The molecule has 2 heteroatoms. The Balaban J connectivity index is 1.89. The first-order valence-electron chi connectivity index (χ1n) is 8.03. The van der Waals surface area contributed by atoms with Crippen LogP contribution < -0.4 is 5.32 Å². The second-order valence-electron chi connectivity index (χ2n) is 6.16. The molecule has 2 rings (SSSR count). The van der Waals surface area contributed by atoms with Crippen molar-refractivity contribution in [3.63, 3.8) is 0 Å². The molecule has 1 aromatic carbocycles. The monoisotopic (exact) mass is 273 g/mol. The minimum absolute atomic E-state index is 0.297. The van der Waals surface area contributed by atoms with Gasteiger partial charge in [0, 0.05) is 12.0 Å². The first-order valence-corrected chi connectivity index (χ1v) is 8.03. The van der Waals surface area contributed by atoms with Crippen molar-refractivity contribution in [3.8, 4) is 0 Å². The number of rotatable bonds is 6. The smallest absolute Gasteiger partial charge is 0.163 e. The van der Waals surface area contributed by atoms with Gasteiger partial charge in [-0.1, -0.05) is 44.5 Å². The summed E-state index contributed by atoms with van der Waals surface area (Å²) in [6.45, 7) is 6.61. The van der Waals surface area contributed by atoms with Gasteiger partial charge in [0.1, 0.15) is 0 Å². The lowest BCUT2D eigenvalue weighted by Gasteiger charge is -2.28. The zero-order chi connectivity index (χ0) is 14.4. The van der Waals surface area contributed by atoms with Gasteiger partial charge in [-0.2, -0.15) is 0 Å². The van der Waals surface area contributed by atoms with E-state index in [1.807, 2.05) is 12.1 Å². The predicted molar refractivity (Wildman–Crippen MR) is 84.1 cm³/mol. The van der Waals surface area contributed by atoms with E-state index in [1.165, 1.54) is 18.4 Å². The zero-order valence-corrected chi connectivity index (χ0v) is 12.8. The number of hydrogen-bond acceptors (Lipinski definition) is 2. The van der Waals surface area contributed by atoms with E-state index >= 15 is 0 Å². The number of ketones is 1. The first-order chi connectivity index (χ1) is 9.70. The maximum Gasteiger partial charge on any atom is 0.163 e. The van der Waals surface area contributed by atoms with E-state index in [4.69, 9.17) is 0 Å². The normalized spacial score (nSPS) is 20.6. The van der Waals surface area contributed by atoms with Gasteiger partial charge in [0.15, 0.2) is 5.78 Å². The van der Waals surface area contributed by atoms with Gasteiger partial charge in [-0.05, 0) is 49.8 Å². The number of carbonyl (C=O) groups is 1. The second-order valence-corrected chi connectivity index (χ2v) is 6.16. The standard InChI is InChI=1S/C18H27NO/c1-3-5-15-7-9-16(10-8-15)18(20)12-14(2)17-6-4-11-19-13-17/h7-10,14,17,19H,3-6,11-13H2,1-2H3. The fourth-order valence-corrected chi connectivity index (χ4v) is 3.09. The molecule has 2 nitrogen and oxygen atoms in total. The van der Waals surface area contributed by atoms with Crippen LogP contribution in [-0.2, 0) is 6.42 Å². The average Bonchev–Trinajstić information content (AvgIpc) is 2.49. The molecule has 1 fully saturated rings. The van der Waals surface area contributed by atoms with Crippen molar-refractivity contribution in [2.24, 2.45) is 11.8 Å². The fourth-order valence-electron chi connectivity index (χ4n) is 3.09. The lowest BCUT2D eigenvalue weighted by molar-refractivity contribution is 0.0943. The topological polar surface area (TPSA) is 29.1 Å². The van der Waals surface area contributed by atoms with Crippen molar-refractivity contribution < 1.29 is 4.79 Å². The Kier molecular flexibility index (Phi) is 5.78. The lowest BCUT2D eigenvalue weighted by Crippen LogP contribution is -2.34. The number of piperidine rings is 1. The van der Waals surface area contributed by atoms with E-state index in [0.717, 1.165) is 31.5 Å². The minimum Gasteiger partial charge on any atom is -0.316 e. The third kappa shape index (κ3) is 4.17. The Morgan fingerprint density at radius 1 is 1.35 bits per heavy atom. The molecule has 0 aromatic heterocycles. The van der Waals surface area contributed by atoms with Crippen molar-refractivity contribution in [3.05, 3.63) is 35.4 Å². The number of hydrogen-bond donors (Lipinski definition) is 1. The first kappa shape index (κ1) is 15.2. The number of benzene rings is 1. The summed E-state index contributed by atoms with van der Waals surface area (Å²) in [6, 6.07) is 8.20. The Morgan fingerprint density at radius 2 is 2.10 bits per heavy atom. The molecule has 2 unspecified atom stereocenters. The van der Waals surface area contributed by atoms with Crippen LogP contribution in [0.4, 0.5) is 0 Å². The third-order valence-corrected chi connectivity index (χ3v) is 4.46. The van der Waals surface area contributed by atoms with E-state index in [-0.39, 0.29) is 0 Å². The average molecular weight is 273 g/mol.